The van der Waals surface area contributed by atoms with Crippen LogP contribution in [-0.2, 0) is 13.0 Å². The maximum absolute atomic E-state index is 13.4. The van der Waals surface area contributed by atoms with Gasteiger partial charge in [0.1, 0.15) is 23.2 Å². The van der Waals surface area contributed by atoms with Crippen molar-refractivity contribution in [3.05, 3.63) is 75.7 Å². The van der Waals surface area contributed by atoms with Gasteiger partial charge >= 0.3 is 6.03 Å². The van der Waals surface area contributed by atoms with Crippen molar-refractivity contribution in [1.82, 2.24) is 14.9 Å². The first-order valence-corrected chi connectivity index (χ1v) is 9.21. The molecule has 3 aromatic rings. The standard InChI is InChI=1S/C21H18F2N4O3/c1-30-16-4-2-12(3-5-16)19-25-18-11-27(7-6-17(18)20(28)26-19)21(29)24-15-9-13(22)8-14(23)10-15/h2-5,8-10H,6-7,11H2,1H3,(H,24,29)(H,25,26,28). The molecule has 30 heavy (non-hydrogen) atoms. The molecule has 1 aliphatic rings. The van der Waals surface area contributed by atoms with E-state index < -0.39 is 17.7 Å². The lowest BCUT2D eigenvalue weighted by Gasteiger charge is -2.28. The number of rotatable bonds is 3. The van der Waals surface area contributed by atoms with Crippen LogP contribution in [0.2, 0.25) is 0 Å². The number of methoxy groups -OCH3 is 1. The van der Waals surface area contributed by atoms with E-state index in [2.05, 4.69) is 15.3 Å². The predicted molar refractivity (Wildman–Crippen MR) is 106 cm³/mol. The molecule has 2 amide bonds. The Labute approximate surface area is 170 Å². The average molecular weight is 412 g/mol. The van der Waals surface area contributed by atoms with Crippen molar-refractivity contribution < 1.29 is 18.3 Å². The Kier molecular flexibility index (Phi) is 5.18. The fourth-order valence-electron chi connectivity index (χ4n) is 3.33. The number of amides is 2. The van der Waals surface area contributed by atoms with Crippen molar-refractivity contribution in [1.29, 1.82) is 0 Å². The van der Waals surface area contributed by atoms with E-state index in [1.165, 1.54) is 4.90 Å². The Balaban J connectivity index is 1.56. The molecule has 2 aromatic carbocycles. The molecule has 0 saturated carbocycles. The molecular formula is C21H18F2N4O3. The van der Waals surface area contributed by atoms with E-state index >= 15 is 0 Å². The Hall–Kier alpha value is -3.75. The molecule has 9 heteroatoms. The van der Waals surface area contributed by atoms with Crippen molar-refractivity contribution in [3.63, 3.8) is 0 Å². The molecule has 0 spiro atoms. The summed E-state index contributed by atoms with van der Waals surface area (Å²) in [5.41, 5.74) is 1.47. The third-order valence-corrected chi connectivity index (χ3v) is 4.84. The summed E-state index contributed by atoms with van der Waals surface area (Å²) in [5.74, 6) is -0.509. The van der Waals surface area contributed by atoms with Gasteiger partial charge in [0.15, 0.2) is 0 Å². The van der Waals surface area contributed by atoms with Gasteiger partial charge in [0, 0.05) is 29.4 Å². The molecule has 1 aromatic heterocycles. The quantitative estimate of drug-likeness (QED) is 0.691. The maximum Gasteiger partial charge on any atom is 0.322 e. The molecule has 154 valence electrons. The Bertz CT molecular complexity index is 1140. The van der Waals surface area contributed by atoms with Gasteiger partial charge in [-0.1, -0.05) is 0 Å². The van der Waals surface area contributed by atoms with E-state index in [1.807, 2.05) is 0 Å². The van der Waals surface area contributed by atoms with Gasteiger partial charge in [-0.05, 0) is 42.8 Å². The highest BCUT2D eigenvalue weighted by Crippen LogP contribution is 2.22. The van der Waals surface area contributed by atoms with Crippen LogP contribution in [0.25, 0.3) is 11.4 Å². The molecule has 0 radical (unpaired) electrons. The molecular weight excluding hydrogens is 394 g/mol. The minimum Gasteiger partial charge on any atom is -0.497 e. The molecule has 0 unspecified atom stereocenters. The third kappa shape index (κ3) is 4.00. The van der Waals surface area contributed by atoms with Crippen molar-refractivity contribution >= 4 is 11.7 Å². The summed E-state index contributed by atoms with van der Waals surface area (Å²) in [6, 6.07) is 9.32. The van der Waals surface area contributed by atoms with Crippen molar-refractivity contribution in [2.75, 3.05) is 19.0 Å². The zero-order valence-corrected chi connectivity index (χ0v) is 16.0. The Morgan fingerprint density at radius 2 is 1.87 bits per heavy atom. The van der Waals surface area contributed by atoms with Crippen molar-refractivity contribution in [3.8, 4) is 17.1 Å². The lowest BCUT2D eigenvalue weighted by molar-refractivity contribution is 0.205. The molecule has 0 bridgehead atoms. The van der Waals surface area contributed by atoms with Crippen LogP contribution in [-0.4, -0.2) is 34.6 Å². The van der Waals surface area contributed by atoms with Crippen LogP contribution >= 0.6 is 0 Å². The largest absolute Gasteiger partial charge is 0.497 e. The monoisotopic (exact) mass is 412 g/mol. The summed E-state index contributed by atoms with van der Waals surface area (Å²) in [6.07, 6.45) is 0.325. The van der Waals surface area contributed by atoms with E-state index in [4.69, 9.17) is 4.74 Å². The molecule has 2 heterocycles. The van der Waals surface area contributed by atoms with Crippen LogP contribution in [0, 0.1) is 11.6 Å². The molecule has 2 N–H and O–H groups in total. The summed E-state index contributed by atoms with van der Waals surface area (Å²) < 4.78 is 31.8. The molecule has 1 aliphatic heterocycles. The van der Waals surface area contributed by atoms with E-state index in [1.54, 1.807) is 31.4 Å². The number of carbonyl (C=O) groups is 1. The van der Waals surface area contributed by atoms with Gasteiger partial charge in [-0.2, -0.15) is 0 Å². The summed E-state index contributed by atoms with van der Waals surface area (Å²) in [6.45, 7) is 0.384. The van der Waals surface area contributed by atoms with Gasteiger partial charge in [0.05, 0.1) is 19.3 Å². The van der Waals surface area contributed by atoms with Gasteiger partial charge in [0.25, 0.3) is 5.56 Å². The van der Waals surface area contributed by atoms with E-state index in [-0.39, 0.29) is 24.3 Å². The highest BCUT2D eigenvalue weighted by atomic mass is 19.1. The van der Waals surface area contributed by atoms with Crippen molar-refractivity contribution in [2.24, 2.45) is 0 Å². The number of ether oxygens (including phenoxy) is 1. The third-order valence-electron chi connectivity index (χ3n) is 4.84. The van der Waals surface area contributed by atoms with E-state index in [0.717, 1.165) is 18.2 Å². The van der Waals surface area contributed by atoms with Crippen LogP contribution in [0.4, 0.5) is 19.3 Å². The number of hydrogen-bond acceptors (Lipinski definition) is 4. The summed E-state index contributed by atoms with van der Waals surface area (Å²) >= 11 is 0. The first kappa shape index (κ1) is 19.6. The van der Waals surface area contributed by atoms with Crippen LogP contribution in [0.15, 0.2) is 47.3 Å². The SMILES string of the molecule is COc1ccc(-c2nc3c(c(=O)[nH]2)CCN(C(=O)Nc2cc(F)cc(F)c2)C3)cc1. The number of carbonyl (C=O) groups excluding carboxylic acids is 1. The van der Waals surface area contributed by atoms with Crippen molar-refractivity contribution in [2.45, 2.75) is 13.0 Å². The van der Waals surface area contributed by atoms with Gasteiger partial charge in [-0.15, -0.1) is 0 Å². The zero-order valence-electron chi connectivity index (χ0n) is 16.0. The van der Waals surface area contributed by atoms with Crippen LogP contribution in [0.3, 0.4) is 0 Å². The number of hydrogen-bond donors (Lipinski definition) is 2. The van der Waals surface area contributed by atoms with Gasteiger partial charge in [-0.25, -0.2) is 18.6 Å². The molecule has 0 atom stereocenters. The lowest BCUT2D eigenvalue weighted by Crippen LogP contribution is -2.41. The minimum absolute atomic E-state index is 0.0149. The normalized spacial score (nSPS) is 13.0. The van der Waals surface area contributed by atoms with Gasteiger partial charge in [-0.3, -0.25) is 4.79 Å². The number of halogens is 2. The summed E-state index contributed by atoms with van der Waals surface area (Å²) in [5, 5.41) is 2.48. The van der Waals surface area contributed by atoms with Crippen LogP contribution < -0.4 is 15.6 Å². The molecule has 7 nitrogen and oxygen atoms in total. The highest BCUT2D eigenvalue weighted by Gasteiger charge is 2.25. The minimum atomic E-state index is -0.786. The van der Waals surface area contributed by atoms with E-state index in [9.17, 15) is 18.4 Å². The number of nitrogens with one attached hydrogen (secondary N) is 2. The number of aromatic amines is 1. The smallest absolute Gasteiger partial charge is 0.322 e. The first-order valence-electron chi connectivity index (χ1n) is 9.21. The number of urea groups is 1. The topological polar surface area (TPSA) is 87.3 Å². The second kappa shape index (κ2) is 7.94. The van der Waals surface area contributed by atoms with Gasteiger partial charge in [0.2, 0.25) is 0 Å². The Morgan fingerprint density at radius 3 is 2.53 bits per heavy atom. The first-order chi connectivity index (χ1) is 14.4. The van der Waals surface area contributed by atoms with Gasteiger partial charge < -0.3 is 19.9 Å². The van der Waals surface area contributed by atoms with Crippen LogP contribution in [0.1, 0.15) is 11.3 Å². The maximum atomic E-state index is 13.4. The molecule has 4 rings (SSSR count). The second-order valence-electron chi connectivity index (χ2n) is 6.83. The average Bonchev–Trinajstić information content (AvgIpc) is 2.72. The molecule has 0 aliphatic carbocycles. The lowest BCUT2D eigenvalue weighted by atomic mass is 10.1. The fraction of sp³-hybridized carbons (Fsp3) is 0.190. The van der Waals surface area contributed by atoms with E-state index in [0.29, 0.717) is 34.8 Å². The number of aromatic nitrogens is 2. The Morgan fingerprint density at radius 1 is 1.17 bits per heavy atom. The fourth-order valence-corrected chi connectivity index (χ4v) is 3.33. The highest BCUT2D eigenvalue weighted by molar-refractivity contribution is 5.89. The predicted octanol–water partition coefficient (Wildman–Crippen LogP) is 3.31. The number of H-pyrrole nitrogens is 1. The molecule has 0 saturated heterocycles. The molecule has 0 fully saturated rings. The number of nitrogens with zero attached hydrogens (tertiary/aromatic N) is 2. The number of fused-ring (bicyclic) bond motifs is 1. The number of anilines is 1. The number of benzene rings is 2. The summed E-state index contributed by atoms with van der Waals surface area (Å²) in [4.78, 5) is 33.8. The zero-order chi connectivity index (χ0) is 21.3. The van der Waals surface area contributed by atoms with Crippen LogP contribution in [0.5, 0.6) is 5.75 Å². The second-order valence-corrected chi connectivity index (χ2v) is 6.83. The summed E-state index contributed by atoms with van der Waals surface area (Å²) in [7, 11) is 1.56.